The maximum absolute atomic E-state index is 3.85. The second-order valence-corrected chi connectivity index (χ2v) is 6.56. The molecule has 0 radical (unpaired) electrons. The van der Waals surface area contributed by atoms with Crippen molar-refractivity contribution in [3.63, 3.8) is 0 Å². The van der Waals surface area contributed by atoms with E-state index in [1.54, 1.807) is 6.42 Å². The summed E-state index contributed by atoms with van der Waals surface area (Å²) in [6.45, 7) is 1.05. The van der Waals surface area contributed by atoms with Gasteiger partial charge in [-0.3, -0.25) is 0 Å². The van der Waals surface area contributed by atoms with Crippen LogP contribution in [0, 0.1) is 23.7 Å². The lowest BCUT2D eigenvalue weighted by atomic mass is 9.54. The van der Waals surface area contributed by atoms with Crippen molar-refractivity contribution in [2.24, 2.45) is 23.7 Å². The van der Waals surface area contributed by atoms with E-state index in [1.165, 1.54) is 31.2 Å². The van der Waals surface area contributed by atoms with E-state index in [9.17, 15) is 0 Å². The molecule has 0 aliphatic heterocycles. The lowest BCUT2D eigenvalue weighted by Gasteiger charge is -2.54. The fourth-order valence-electron chi connectivity index (χ4n) is 4.96. The van der Waals surface area contributed by atoms with Crippen molar-refractivity contribution < 1.29 is 0 Å². The Kier molecular flexibility index (Phi) is 2.32. The van der Waals surface area contributed by atoms with Gasteiger partial charge in [-0.25, -0.2) is 0 Å². The zero-order valence-electron chi connectivity index (χ0n) is 10.4. The Balaban J connectivity index is 1.44. The van der Waals surface area contributed by atoms with Crippen LogP contribution < -0.4 is 5.32 Å². The molecule has 0 unspecified atom stereocenters. The quantitative estimate of drug-likeness (QED) is 0.821. The minimum Gasteiger partial charge on any atom is -0.367 e. The predicted molar refractivity (Wildman–Crippen MR) is 68.5 cm³/mol. The molecule has 92 valence electrons. The number of H-pyrrole nitrogens is 1. The Morgan fingerprint density at radius 1 is 1.06 bits per heavy atom. The van der Waals surface area contributed by atoms with Gasteiger partial charge >= 0.3 is 0 Å². The molecule has 2 nitrogen and oxygen atoms in total. The van der Waals surface area contributed by atoms with Crippen molar-refractivity contribution in [2.45, 2.75) is 44.7 Å². The lowest BCUT2D eigenvalue weighted by molar-refractivity contribution is -0.0142. The molecule has 1 heterocycles. The van der Waals surface area contributed by atoms with Gasteiger partial charge in [0.15, 0.2) is 0 Å². The van der Waals surface area contributed by atoms with Crippen molar-refractivity contribution in [3.05, 3.63) is 24.0 Å². The van der Waals surface area contributed by atoms with Crippen LogP contribution in [0.2, 0.25) is 0 Å². The molecular formula is C15H22N2. The van der Waals surface area contributed by atoms with E-state index in [0.29, 0.717) is 0 Å². The highest BCUT2D eigenvalue weighted by Crippen LogP contribution is 2.53. The third-order valence-corrected chi connectivity index (χ3v) is 5.43. The van der Waals surface area contributed by atoms with Gasteiger partial charge in [0, 0.05) is 25.0 Å². The summed E-state index contributed by atoms with van der Waals surface area (Å²) in [5.74, 6) is 4.15. The highest BCUT2D eigenvalue weighted by molar-refractivity contribution is 5.09. The molecule has 1 aromatic rings. The molecule has 4 bridgehead atoms. The number of aromatic nitrogens is 1. The summed E-state index contributed by atoms with van der Waals surface area (Å²) in [5.41, 5.74) is 1.40. The molecule has 4 aliphatic carbocycles. The molecule has 5 rings (SSSR count). The minimum atomic E-state index is 0.817. The second-order valence-electron chi connectivity index (χ2n) is 6.56. The van der Waals surface area contributed by atoms with Crippen LogP contribution in [-0.2, 0) is 6.54 Å². The Morgan fingerprint density at radius 2 is 1.76 bits per heavy atom. The van der Waals surface area contributed by atoms with Crippen molar-refractivity contribution in [1.29, 1.82) is 0 Å². The molecule has 0 atom stereocenters. The first-order valence-electron chi connectivity index (χ1n) is 7.23. The first-order chi connectivity index (χ1) is 8.38. The van der Waals surface area contributed by atoms with Gasteiger partial charge in [-0.1, -0.05) is 0 Å². The van der Waals surface area contributed by atoms with Gasteiger partial charge in [-0.05, 0) is 67.4 Å². The maximum atomic E-state index is 3.85. The normalized spacial score (nSPS) is 43.2. The Morgan fingerprint density at radius 3 is 2.35 bits per heavy atom. The van der Waals surface area contributed by atoms with Crippen LogP contribution >= 0.6 is 0 Å². The van der Waals surface area contributed by atoms with Gasteiger partial charge < -0.3 is 10.3 Å². The van der Waals surface area contributed by atoms with Gasteiger partial charge in [0.25, 0.3) is 0 Å². The number of hydrogen-bond acceptors (Lipinski definition) is 1. The van der Waals surface area contributed by atoms with Crippen molar-refractivity contribution in [3.8, 4) is 0 Å². The summed E-state index contributed by atoms with van der Waals surface area (Å²) in [4.78, 5) is 3.14. The second kappa shape index (κ2) is 3.88. The molecule has 1 aromatic heterocycles. The Bertz CT molecular complexity index is 354. The molecule has 0 aromatic carbocycles. The standard InChI is InChI=1S/C15H22N2/c1-2-16-8-10(1)9-17-15-13-4-11-3-12(6-13)7-14(15)5-11/h1-2,8,11-17H,3-7,9H2. The molecule has 4 aliphatic rings. The average molecular weight is 230 g/mol. The SMILES string of the molecule is c1cc(CNC2C3CC4CC(C3)CC2C4)c[nH]1. The molecule has 4 saturated carbocycles. The zero-order chi connectivity index (χ0) is 11.2. The molecule has 2 heteroatoms. The molecular weight excluding hydrogens is 208 g/mol. The van der Waals surface area contributed by atoms with Crippen molar-refractivity contribution >= 4 is 0 Å². The van der Waals surface area contributed by atoms with Crippen LogP contribution in [0.15, 0.2) is 18.5 Å². The van der Waals surface area contributed by atoms with Gasteiger partial charge in [0.1, 0.15) is 0 Å². The smallest absolute Gasteiger partial charge is 0.0223 e. The van der Waals surface area contributed by atoms with E-state index in [4.69, 9.17) is 0 Å². The van der Waals surface area contributed by atoms with Gasteiger partial charge in [-0.15, -0.1) is 0 Å². The van der Waals surface area contributed by atoms with Gasteiger partial charge in [0.05, 0.1) is 0 Å². The fraction of sp³-hybridized carbons (Fsp3) is 0.733. The average Bonchev–Trinajstić information content (AvgIpc) is 2.80. The third-order valence-electron chi connectivity index (χ3n) is 5.43. The largest absolute Gasteiger partial charge is 0.367 e. The van der Waals surface area contributed by atoms with E-state index in [1.807, 2.05) is 6.20 Å². The van der Waals surface area contributed by atoms with Gasteiger partial charge in [0.2, 0.25) is 0 Å². The summed E-state index contributed by atoms with van der Waals surface area (Å²) in [7, 11) is 0. The monoisotopic (exact) mass is 230 g/mol. The van der Waals surface area contributed by atoms with Crippen LogP contribution in [0.25, 0.3) is 0 Å². The zero-order valence-corrected chi connectivity index (χ0v) is 10.4. The Hall–Kier alpha value is -0.760. The van der Waals surface area contributed by atoms with Crippen molar-refractivity contribution in [2.75, 3.05) is 0 Å². The summed E-state index contributed by atoms with van der Waals surface area (Å²) >= 11 is 0. The molecule has 17 heavy (non-hydrogen) atoms. The van der Waals surface area contributed by atoms with Crippen molar-refractivity contribution in [1.82, 2.24) is 10.3 Å². The fourth-order valence-corrected chi connectivity index (χ4v) is 4.96. The maximum Gasteiger partial charge on any atom is 0.0223 e. The predicted octanol–water partition coefficient (Wildman–Crippen LogP) is 2.93. The number of rotatable bonds is 3. The van der Waals surface area contributed by atoms with E-state index in [0.717, 1.165) is 36.3 Å². The van der Waals surface area contributed by atoms with E-state index < -0.39 is 0 Å². The topological polar surface area (TPSA) is 27.8 Å². The van der Waals surface area contributed by atoms with E-state index in [-0.39, 0.29) is 0 Å². The molecule has 0 amide bonds. The number of hydrogen-bond donors (Lipinski definition) is 2. The molecule has 2 N–H and O–H groups in total. The molecule has 0 saturated heterocycles. The highest BCUT2D eigenvalue weighted by Gasteiger charge is 2.47. The van der Waals surface area contributed by atoms with Crippen LogP contribution in [0.4, 0.5) is 0 Å². The van der Waals surface area contributed by atoms with Crippen LogP contribution in [0.5, 0.6) is 0 Å². The lowest BCUT2D eigenvalue weighted by Crippen LogP contribution is -2.54. The summed E-state index contributed by atoms with van der Waals surface area (Å²) in [6, 6.07) is 3.00. The Labute approximate surface area is 103 Å². The minimum absolute atomic E-state index is 0.817. The van der Waals surface area contributed by atoms with Crippen LogP contribution in [-0.4, -0.2) is 11.0 Å². The molecule has 4 fully saturated rings. The van der Waals surface area contributed by atoms with Gasteiger partial charge in [-0.2, -0.15) is 0 Å². The van der Waals surface area contributed by atoms with E-state index >= 15 is 0 Å². The summed E-state index contributed by atoms with van der Waals surface area (Å²) < 4.78 is 0. The van der Waals surface area contributed by atoms with Crippen LogP contribution in [0.1, 0.15) is 37.7 Å². The first-order valence-corrected chi connectivity index (χ1v) is 7.23. The first kappa shape index (κ1) is 10.2. The summed E-state index contributed by atoms with van der Waals surface area (Å²) in [5, 5.41) is 3.85. The third kappa shape index (κ3) is 1.74. The number of nitrogens with one attached hydrogen (secondary N) is 2. The van der Waals surface area contributed by atoms with Crippen LogP contribution in [0.3, 0.4) is 0 Å². The number of aromatic amines is 1. The van der Waals surface area contributed by atoms with E-state index in [2.05, 4.69) is 22.6 Å². The highest BCUT2D eigenvalue weighted by atomic mass is 14.9. The summed E-state index contributed by atoms with van der Waals surface area (Å²) in [6.07, 6.45) is 11.7. The molecule has 0 spiro atoms.